The lowest BCUT2D eigenvalue weighted by Crippen LogP contribution is -2.45. The third kappa shape index (κ3) is 4.90. The minimum atomic E-state index is -0.944. The number of methoxy groups -OCH3 is 1. The predicted molar refractivity (Wildman–Crippen MR) is 99.8 cm³/mol. The molecule has 2 aromatic heterocycles. The Hall–Kier alpha value is -2.72. The van der Waals surface area contributed by atoms with Crippen LogP contribution in [0.5, 0.6) is 0 Å². The molecule has 136 valence electrons. The van der Waals surface area contributed by atoms with Gasteiger partial charge in [0.25, 0.3) is 11.8 Å². The Balaban J connectivity index is 1.99. The summed E-state index contributed by atoms with van der Waals surface area (Å²) < 4.78 is 4.55. The van der Waals surface area contributed by atoms with Crippen molar-refractivity contribution in [3.8, 4) is 10.6 Å². The Morgan fingerprint density at radius 1 is 1.42 bits per heavy atom. The highest BCUT2D eigenvalue weighted by atomic mass is 32.1. The fourth-order valence-electron chi connectivity index (χ4n) is 1.82. The number of ether oxygens (including phenoxy) is 1. The molecule has 0 fully saturated rings. The van der Waals surface area contributed by atoms with Gasteiger partial charge in [-0.05, 0) is 12.1 Å². The molecular formula is C16H16N4O4S2. The highest BCUT2D eigenvalue weighted by Gasteiger charge is 2.22. The Morgan fingerprint density at radius 3 is 2.81 bits per heavy atom. The molecule has 0 bridgehead atoms. The summed E-state index contributed by atoms with van der Waals surface area (Å²) in [6, 6.07) is 2.65. The molecule has 0 saturated heterocycles. The summed E-state index contributed by atoms with van der Waals surface area (Å²) in [5.74, 6) is -1.91. The SMILES string of the molecule is C=C(NC(=O)c1csc(-c2cccnc2)n1)C(=O)N[C@H](CS)C(=O)OC. The van der Waals surface area contributed by atoms with Crippen molar-refractivity contribution in [2.75, 3.05) is 12.9 Å². The van der Waals surface area contributed by atoms with Crippen molar-refractivity contribution < 1.29 is 19.1 Å². The van der Waals surface area contributed by atoms with Crippen LogP contribution in [0.2, 0.25) is 0 Å². The highest BCUT2D eigenvalue weighted by molar-refractivity contribution is 7.80. The number of amides is 2. The fourth-order valence-corrected chi connectivity index (χ4v) is 2.86. The highest BCUT2D eigenvalue weighted by Crippen LogP contribution is 2.22. The van der Waals surface area contributed by atoms with Gasteiger partial charge < -0.3 is 15.4 Å². The van der Waals surface area contributed by atoms with Gasteiger partial charge in [0.1, 0.15) is 16.7 Å². The third-order valence-electron chi connectivity index (χ3n) is 3.16. The van der Waals surface area contributed by atoms with Gasteiger partial charge in [-0.25, -0.2) is 9.78 Å². The van der Waals surface area contributed by atoms with E-state index >= 15 is 0 Å². The Morgan fingerprint density at radius 2 is 2.19 bits per heavy atom. The molecule has 0 aliphatic rings. The summed E-state index contributed by atoms with van der Waals surface area (Å²) >= 11 is 5.24. The largest absolute Gasteiger partial charge is 0.467 e. The molecule has 2 rings (SSSR count). The second-order valence-corrected chi connectivity index (χ2v) is 6.17. The number of thiol groups is 1. The van der Waals surface area contributed by atoms with E-state index in [-0.39, 0.29) is 17.1 Å². The average Bonchev–Trinajstić information content (AvgIpc) is 3.16. The van der Waals surface area contributed by atoms with E-state index in [4.69, 9.17) is 0 Å². The van der Waals surface area contributed by atoms with Crippen LogP contribution in [-0.2, 0) is 14.3 Å². The first-order valence-electron chi connectivity index (χ1n) is 7.32. The van der Waals surface area contributed by atoms with Crippen LogP contribution in [0.4, 0.5) is 0 Å². The van der Waals surface area contributed by atoms with Crippen molar-refractivity contribution in [1.29, 1.82) is 0 Å². The molecule has 0 saturated carbocycles. The maximum absolute atomic E-state index is 12.2. The van der Waals surface area contributed by atoms with Gasteiger partial charge in [0.15, 0.2) is 0 Å². The number of rotatable bonds is 7. The normalized spacial score (nSPS) is 11.3. The number of nitrogens with zero attached hydrogens (tertiary/aromatic N) is 2. The molecule has 0 aliphatic carbocycles. The fraction of sp³-hybridized carbons (Fsp3) is 0.188. The monoisotopic (exact) mass is 392 g/mol. The first-order valence-corrected chi connectivity index (χ1v) is 8.83. The van der Waals surface area contributed by atoms with E-state index in [0.29, 0.717) is 5.01 Å². The second-order valence-electron chi connectivity index (χ2n) is 4.94. The molecule has 0 aromatic carbocycles. The molecule has 26 heavy (non-hydrogen) atoms. The van der Waals surface area contributed by atoms with E-state index in [9.17, 15) is 14.4 Å². The molecule has 0 spiro atoms. The molecule has 0 aliphatic heterocycles. The van der Waals surface area contributed by atoms with Gasteiger partial charge in [0.05, 0.1) is 12.8 Å². The van der Waals surface area contributed by atoms with Crippen molar-refractivity contribution in [3.63, 3.8) is 0 Å². The summed E-state index contributed by atoms with van der Waals surface area (Å²) in [5, 5.41) is 6.92. The molecule has 1 atom stereocenters. The second kappa shape index (κ2) is 9.11. The zero-order chi connectivity index (χ0) is 19.1. The maximum atomic E-state index is 12.2. The van der Waals surface area contributed by atoms with Crippen LogP contribution >= 0.6 is 24.0 Å². The van der Waals surface area contributed by atoms with E-state index in [1.165, 1.54) is 18.4 Å². The number of carbonyl (C=O) groups is 3. The molecular weight excluding hydrogens is 376 g/mol. The molecule has 2 N–H and O–H groups in total. The van der Waals surface area contributed by atoms with Gasteiger partial charge in [-0.1, -0.05) is 6.58 Å². The summed E-state index contributed by atoms with van der Waals surface area (Å²) in [6.07, 6.45) is 3.27. The van der Waals surface area contributed by atoms with Crippen LogP contribution in [0.3, 0.4) is 0 Å². The van der Waals surface area contributed by atoms with E-state index in [0.717, 1.165) is 5.56 Å². The lowest BCUT2D eigenvalue weighted by Gasteiger charge is -2.15. The van der Waals surface area contributed by atoms with Gasteiger partial charge in [0.2, 0.25) is 0 Å². The van der Waals surface area contributed by atoms with Crippen molar-refractivity contribution in [2.24, 2.45) is 0 Å². The smallest absolute Gasteiger partial charge is 0.329 e. The van der Waals surface area contributed by atoms with Gasteiger partial charge in [-0.2, -0.15) is 12.6 Å². The van der Waals surface area contributed by atoms with Crippen LogP contribution in [-0.4, -0.2) is 46.7 Å². The van der Waals surface area contributed by atoms with E-state index in [1.807, 2.05) is 6.07 Å². The van der Waals surface area contributed by atoms with Crippen LogP contribution in [0, 0.1) is 0 Å². The molecule has 10 heteroatoms. The van der Waals surface area contributed by atoms with Crippen LogP contribution in [0.15, 0.2) is 42.2 Å². The summed E-state index contributed by atoms with van der Waals surface area (Å²) in [7, 11) is 1.20. The summed E-state index contributed by atoms with van der Waals surface area (Å²) in [6.45, 7) is 3.50. The summed E-state index contributed by atoms with van der Waals surface area (Å²) in [4.78, 5) is 43.9. The van der Waals surface area contributed by atoms with E-state index < -0.39 is 23.8 Å². The first kappa shape index (κ1) is 19.6. The number of aromatic nitrogens is 2. The minimum Gasteiger partial charge on any atom is -0.467 e. The number of nitrogens with one attached hydrogen (secondary N) is 2. The molecule has 0 radical (unpaired) electrons. The number of esters is 1. The predicted octanol–water partition coefficient (Wildman–Crippen LogP) is 1.04. The lowest BCUT2D eigenvalue weighted by atomic mass is 10.3. The zero-order valence-corrected chi connectivity index (χ0v) is 15.5. The lowest BCUT2D eigenvalue weighted by molar-refractivity contribution is -0.143. The quantitative estimate of drug-likeness (QED) is 0.369. The van der Waals surface area contributed by atoms with Crippen molar-refractivity contribution in [3.05, 3.63) is 47.9 Å². The van der Waals surface area contributed by atoms with Gasteiger partial charge in [0, 0.05) is 29.1 Å². The molecule has 2 aromatic rings. The minimum absolute atomic E-state index is 0.0419. The zero-order valence-electron chi connectivity index (χ0n) is 13.8. The summed E-state index contributed by atoms with van der Waals surface area (Å²) in [5.41, 5.74) is 0.700. The van der Waals surface area contributed by atoms with Crippen molar-refractivity contribution in [1.82, 2.24) is 20.6 Å². The van der Waals surface area contributed by atoms with Crippen molar-refractivity contribution >= 4 is 41.7 Å². The van der Waals surface area contributed by atoms with Gasteiger partial charge >= 0.3 is 5.97 Å². The molecule has 2 amide bonds. The van der Waals surface area contributed by atoms with Crippen molar-refractivity contribution in [2.45, 2.75) is 6.04 Å². The first-order chi connectivity index (χ1) is 12.5. The van der Waals surface area contributed by atoms with E-state index in [1.54, 1.807) is 23.8 Å². The molecule has 8 nitrogen and oxygen atoms in total. The standard InChI is InChI=1S/C16H16N4O4S2/c1-9(13(21)19-11(7-25)16(23)24-2)18-14(22)12-8-26-15(20-12)10-4-3-5-17-6-10/h3-6,8,11,25H,1,7H2,2H3,(H,18,22)(H,19,21)/t11-/m1/s1. The van der Waals surface area contributed by atoms with E-state index in [2.05, 4.69) is 44.5 Å². The molecule has 0 unspecified atom stereocenters. The topological polar surface area (TPSA) is 110 Å². The number of carbonyl (C=O) groups excluding carboxylic acids is 3. The third-order valence-corrected chi connectivity index (χ3v) is 4.41. The number of pyridine rings is 1. The van der Waals surface area contributed by atoms with Crippen LogP contribution < -0.4 is 10.6 Å². The van der Waals surface area contributed by atoms with Gasteiger partial charge in [-0.15, -0.1) is 11.3 Å². The Kier molecular flexibility index (Phi) is 6.87. The Labute approximate surface area is 159 Å². The number of thiazole rings is 1. The van der Waals surface area contributed by atoms with Crippen LogP contribution in [0.25, 0.3) is 10.6 Å². The maximum Gasteiger partial charge on any atom is 0.329 e. The number of hydrogen-bond acceptors (Lipinski definition) is 8. The van der Waals surface area contributed by atoms with Gasteiger partial charge in [-0.3, -0.25) is 14.6 Å². The Bertz CT molecular complexity index is 823. The average molecular weight is 392 g/mol. The number of hydrogen-bond donors (Lipinski definition) is 3. The van der Waals surface area contributed by atoms with Crippen LogP contribution in [0.1, 0.15) is 10.5 Å². The molecule has 2 heterocycles.